The number of halogens is 3. The first-order valence-corrected chi connectivity index (χ1v) is 11.1. The maximum Gasteiger partial charge on any atom is 0.419 e. The molecule has 1 amide bonds. The summed E-state index contributed by atoms with van der Waals surface area (Å²) in [6.45, 7) is 3.95. The molecule has 1 unspecified atom stereocenters. The Balaban J connectivity index is 1.30. The number of aromatic nitrogens is 1. The molecule has 1 N–H and O–H groups in total. The van der Waals surface area contributed by atoms with E-state index in [1.54, 1.807) is 16.2 Å². The number of amides is 1. The summed E-state index contributed by atoms with van der Waals surface area (Å²) in [6, 6.07) is 4.50. The second-order valence-corrected chi connectivity index (χ2v) is 8.84. The molecule has 2 aromatic rings. The molecule has 2 aromatic heterocycles. The van der Waals surface area contributed by atoms with Gasteiger partial charge in [-0.1, -0.05) is 0 Å². The maximum atomic E-state index is 13.3. The van der Waals surface area contributed by atoms with Gasteiger partial charge in [-0.3, -0.25) is 9.69 Å². The third-order valence-corrected chi connectivity index (χ3v) is 6.82. The van der Waals surface area contributed by atoms with Crippen LogP contribution >= 0.6 is 11.3 Å². The molecule has 0 aromatic carbocycles. The minimum atomic E-state index is -4.46. The summed E-state index contributed by atoms with van der Waals surface area (Å²) in [4.78, 5) is 22.0. The quantitative estimate of drug-likeness (QED) is 0.776. The number of hydrogen-bond acceptors (Lipinski definition) is 5. The van der Waals surface area contributed by atoms with E-state index in [-0.39, 0.29) is 24.2 Å². The van der Waals surface area contributed by atoms with E-state index < -0.39 is 11.7 Å². The molecule has 0 saturated carbocycles. The van der Waals surface area contributed by atoms with Gasteiger partial charge in [0.05, 0.1) is 11.5 Å². The third-order valence-electron chi connectivity index (χ3n) is 5.80. The molecule has 4 heterocycles. The van der Waals surface area contributed by atoms with Crippen molar-refractivity contribution in [2.24, 2.45) is 5.92 Å². The lowest BCUT2D eigenvalue weighted by molar-refractivity contribution is -0.137. The minimum Gasteiger partial charge on any atom is -0.355 e. The molecule has 2 aliphatic rings. The van der Waals surface area contributed by atoms with Crippen LogP contribution in [0.2, 0.25) is 0 Å². The van der Waals surface area contributed by atoms with Crippen LogP contribution in [-0.4, -0.2) is 48.5 Å². The number of rotatable bonds is 5. The minimum absolute atomic E-state index is 0.0811. The lowest BCUT2D eigenvalue weighted by Crippen LogP contribution is -2.45. The molecule has 30 heavy (non-hydrogen) atoms. The number of fused-ring (bicyclic) bond motifs is 1. The van der Waals surface area contributed by atoms with Crippen LogP contribution in [0.1, 0.15) is 28.8 Å². The van der Waals surface area contributed by atoms with Crippen LogP contribution in [0.3, 0.4) is 0 Å². The second-order valence-electron chi connectivity index (χ2n) is 7.84. The van der Waals surface area contributed by atoms with Crippen molar-refractivity contribution in [1.29, 1.82) is 0 Å². The summed E-state index contributed by atoms with van der Waals surface area (Å²) in [5.74, 6) is -0.494. The van der Waals surface area contributed by atoms with Gasteiger partial charge in [0.2, 0.25) is 5.91 Å². The molecule has 1 fully saturated rings. The Kier molecular flexibility index (Phi) is 6.29. The van der Waals surface area contributed by atoms with Crippen LogP contribution in [0.25, 0.3) is 0 Å². The molecule has 0 spiro atoms. The van der Waals surface area contributed by atoms with Gasteiger partial charge < -0.3 is 10.2 Å². The van der Waals surface area contributed by atoms with Gasteiger partial charge >= 0.3 is 6.18 Å². The number of hydrogen-bond donors (Lipinski definition) is 1. The van der Waals surface area contributed by atoms with Gasteiger partial charge in [0.1, 0.15) is 5.82 Å². The summed E-state index contributed by atoms with van der Waals surface area (Å²) >= 11 is 1.80. The summed E-state index contributed by atoms with van der Waals surface area (Å²) < 4.78 is 40.0. The largest absolute Gasteiger partial charge is 0.419 e. The van der Waals surface area contributed by atoms with Crippen molar-refractivity contribution in [3.63, 3.8) is 0 Å². The number of carbonyl (C=O) groups is 1. The Hall–Kier alpha value is -2.13. The molecule has 4 rings (SSSR count). The molecule has 0 aliphatic carbocycles. The number of piperidine rings is 1. The van der Waals surface area contributed by atoms with Gasteiger partial charge in [-0.25, -0.2) is 4.98 Å². The molecular formula is C21H25F3N4OS. The zero-order valence-electron chi connectivity index (χ0n) is 16.6. The van der Waals surface area contributed by atoms with Crippen LogP contribution in [0.4, 0.5) is 19.0 Å². The predicted octanol–water partition coefficient (Wildman–Crippen LogP) is 3.55. The van der Waals surface area contributed by atoms with Gasteiger partial charge in [0.15, 0.2) is 0 Å². The zero-order chi connectivity index (χ0) is 21.1. The van der Waals surface area contributed by atoms with Crippen LogP contribution in [0.15, 0.2) is 29.8 Å². The molecule has 162 valence electrons. The van der Waals surface area contributed by atoms with Crippen molar-refractivity contribution < 1.29 is 18.0 Å². The fourth-order valence-electron chi connectivity index (χ4n) is 4.23. The Morgan fingerprint density at radius 3 is 3.00 bits per heavy atom. The lowest BCUT2D eigenvalue weighted by atomic mass is 9.96. The van der Waals surface area contributed by atoms with Crippen molar-refractivity contribution in [3.8, 4) is 0 Å². The monoisotopic (exact) mass is 438 g/mol. The molecule has 5 nitrogen and oxygen atoms in total. The SMILES string of the molecule is O=C(NCCN1CCc2sccc2C1)C1CCCN(c2ncccc2C(F)(F)F)C1. The summed E-state index contributed by atoms with van der Waals surface area (Å²) in [5, 5.41) is 5.11. The standard InChI is InChI=1S/C21H25F3N4OS/c22-21(23,24)17-4-1-7-25-19(17)28-9-2-3-16(14-28)20(29)26-8-11-27-10-5-18-15(13-27)6-12-30-18/h1,4,6-7,12,16H,2-3,5,8-11,13-14H2,(H,26,29). The zero-order valence-corrected chi connectivity index (χ0v) is 17.4. The molecule has 0 bridgehead atoms. The van der Waals surface area contributed by atoms with Gasteiger partial charge in [0, 0.05) is 50.3 Å². The number of pyridine rings is 1. The van der Waals surface area contributed by atoms with Gasteiger partial charge in [-0.2, -0.15) is 13.2 Å². The van der Waals surface area contributed by atoms with Crippen LogP contribution in [0, 0.1) is 5.92 Å². The first kappa shape index (κ1) is 21.1. The average molecular weight is 439 g/mol. The van der Waals surface area contributed by atoms with E-state index in [4.69, 9.17) is 0 Å². The fourth-order valence-corrected chi connectivity index (χ4v) is 5.12. The van der Waals surface area contributed by atoms with Crippen molar-refractivity contribution >= 4 is 23.1 Å². The van der Waals surface area contributed by atoms with E-state index in [1.807, 2.05) is 0 Å². The van der Waals surface area contributed by atoms with Crippen LogP contribution < -0.4 is 10.2 Å². The molecule has 0 radical (unpaired) electrons. The normalized spacial score (nSPS) is 20.1. The van der Waals surface area contributed by atoms with E-state index in [9.17, 15) is 18.0 Å². The number of nitrogens with one attached hydrogen (secondary N) is 1. The van der Waals surface area contributed by atoms with E-state index in [0.29, 0.717) is 25.9 Å². The number of carbonyl (C=O) groups excluding carboxylic acids is 1. The number of anilines is 1. The van der Waals surface area contributed by atoms with E-state index in [1.165, 1.54) is 22.7 Å². The maximum absolute atomic E-state index is 13.3. The molecule has 1 saturated heterocycles. The Morgan fingerprint density at radius 2 is 2.17 bits per heavy atom. The Bertz CT molecular complexity index is 885. The number of nitrogens with zero attached hydrogens (tertiary/aromatic N) is 3. The van der Waals surface area contributed by atoms with Gasteiger partial charge in [-0.05, 0) is 48.4 Å². The third kappa shape index (κ3) is 4.78. The summed E-state index contributed by atoms with van der Waals surface area (Å²) in [5.41, 5.74) is 0.625. The van der Waals surface area contributed by atoms with Crippen molar-refractivity contribution in [2.75, 3.05) is 37.6 Å². The molecule has 2 aliphatic heterocycles. The van der Waals surface area contributed by atoms with E-state index in [2.05, 4.69) is 26.6 Å². The van der Waals surface area contributed by atoms with Gasteiger partial charge in [-0.15, -0.1) is 11.3 Å². The fraction of sp³-hybridized carbons (Fsp3) is 0.524. The Labute approximate surface area is 177 Å². The number of thiophene rings is 1. The Morgan fingerprint density at radius 1 is 1.30 bits per heavy atom. The molecule has 1 atom stereocenters. The summed E-state index contributed by atoms with van der Waals surface area (Å²) in [7, 11) is 0. The van der Waals surface area contributed by atoms with E-state index in [0.717, 1.165) is 32.1 Å². The highest BCUT2D eigenvalue weighted by atomic mass is 32.1. The highest BCUT2D eigenvalue weighted by Crippen LogP contribution is 2.36. The summed E-state index contributed by atoms with van der Waals surface area (Å²) in [6.07, 6.45) is -0.705. The first-order valence-electron chi connectivity index (χ1n) is 10.2. The lowest BCUT2D eigenvalue weighted by Gasteiger charge is -2.34. The first-order chi connectivity index (χ1) is 14.4. The van der Waals surface area contributed by atoms with Crippen LogP contribution in [-0.2, 0) is 23.9 Å². The molecular weight excluding hydrogens is 413 g/mol. The van der Waals surface area contributed by atoms with Crippen molar-refractivity contribution in [2.45, 2.75) is 32.0 Å². The number of alkyl halides is 3. The average Bonchev–Trinajstić information content (AvgIpc) is 3.21. The topological polar surface area (TPSA) is 48.5 Å². The van der Waals surface area contributed by atoms with Crippen molar-refractivity contribution in [3.05, 3.63) is 45.8 Å². The molecule has 9 heteroatoms. The highest BCUT2D eigenvalue weighted by molar-refractivity contribution is 7.10. The van der Waals surface area contributed by atoms with E-state index >= 15 is 0 Å². The van der Waals surface area contributed by atoms with Crippen molar-refractivity contribution in [1.82, 2.24) is 15.2 Å². The van der Waals surface area contributed by atoms with Crippen LogP contribution in [0.5, 0.6) is 0 Å². The predicted molar refractivity (Wildman–Crippen MR) is 110 cm³/mol. The van der Waals surface area contributed by atoms with Gasteiger partial charge in [0.25, 0.3) is 0 Å². The highest BCUT2D eigenvalue weighted by Gasteiger charge is 2.37. The second kappa shape index (κ2) is 8.93. The smallest absolute Gasteiger partial charge is 0.355 e.